The molecular weight excluding hydrogens is 236 g/mol. The van der Waals surface area contributed by atoms with Gasteiger partial charge in [0, 0.05) is 25.3 Å². The molecule has 1 amide bonds. The van der Waals surface area contributed by atoms with Crippen LogP contribution in [-0.2, 0) is 0 Å². The molecule has 0 aliphatic rings. The lowest BCUT2D eigenvalue weighted by Crippen LogP contribution is -2.11. The molecule has 0 aliphatic heterocycles. The summed E-state index contributed by atoms with van der Waals surface area (Å²) < 4.78 is 0. The van der Waals surface area contributed by atoms with Crippen molar-refractivity contribution in [3.63, 3.8) is 0 Å². The number of hydrogen-bond donors (Lipinski definition) is 1. The third-order valence-electron chi connectivity index (χ3n) is 3.22. The normalized spacial score (nSPS) is 10.3. The van der Waals surface area contributed by atoms with E-state index in [9.17, 15) is 4.79 Å². The van der Waals surface area contributed by atoms with Gasteiger partial charge in [-0.2, -0.15) is 0 Å². The van der Waals surface area contributed by atoms with Crippen molar-refractivity contribution in [2.24, 2.45) is 5.73 Å². The van der Waals surface area contributed by atoms with Crippen LogP contribution in [0.1, 0.15) is 15.9 Å². The Morgan fingerprint density at radius 3 is 2.21 bits per heavy atom. The minimum atomic E-state index is -0.397. The zero-order chi connectivity index (χ0) is 14.0. The highest BCUT2D eigenvalue weighted by Gasteiger charge is 2.07. The second kappa shape index (κ2) is 5.14. The number of nitrogens with zero attached hydrogens (tertiary/aromatic N) is 1. The van der Waals surface area contributed by atoms with Crippen LogP contribution in [0.3, 0.4) is 0 Å². The van der Waals surface area contributed by atoms with Crippen molar-refractivity contribution < 1.29 is 4.79 Å². The van der Waals surface area contributed by atoms with E-state index in [1.165, 1.54) is 0 Å². The summed E-state index contributed by atoms with van der Waals surface area (Å²) in [5.74, 6) is -0.397. The fourth-order valence-electron chi connectivity index (χ4n) is 2.03. The molecule has 2 N–H and O–H groups in total. The van der Waals surface area contributed by atoms with Gasteiger partial charge in [-0.25, -0.2) is 0 Å². The largest absolute Gasteiger partial charge is 0.378 e. The Labute approximate surface area is 113 Å². The van der Waals surface area contributed by atoms with Crippen LogP contribution in [0.2, 0.25) is 0 Å². The number of benzene rings is 2. The summed E-state index contributed by atoms with van der Waals surface area (Å²) >= 11 is 0. The predicted molar refractivity (Wildman–Crippen MR) is 79.5 cm³/mol. The monoisotopic (exact) mass is 254 g/mol. The predicted octanol–water partition coefficient (Wildman–Crippen LogP) is 2.83. The number of nitrogens with two attached hydrogens (primary N) is 1. The minimum Gasteiger partial charge on any atom is -0.378 e. The molecule has 0 radical (unpaired) electrons. The van der Waals surface area contributed by atoms with Crippen molar-refractivity contribution in [1.29, 1.82) is 0 Å². The molecule has 0 atom stereocenters. The van der Waals surface area contributed by atoms with Crippen molar-refractivity contribution in [2.45, 2.75) is 6.92 Å². The molecule has 2 aromatic carbocycles. The van der Waals surface area contributed by atoms with E-state index in [0.717, 1.165) is 22.4 Å². The molecule has 2 rings (SSSR count). The van der Waals surface area contributed by atoms with Crippen molar-refractivity contribution in [3.05, 3.63) is 53.6 Å². The average molecular weight is 254 g/mol. The number of rotatable bonds is 3. The van der Waals surface area contributed by atoms with Crippen molar-refractivity contribution >= 4 is 11.6 Å². The molecule has 0 unspecified atom stereocenters. The van der Waals surface area contributed by atoms with Gasteiger partial charge in [-0.1, -0.05) is 18.2 Å². The molecule has 0 aromatic heterocycles. The van der Waals surface area contributed by atoms with Crippen LogP contribution in [0.25, 0.3) is 11.1 Å². The zero-order valence-corrected chi connectivity index (χ0v) is 11.5. The molecule has 0 aliphatic carbocycles. The van der Waals surface area contributed by atoms with Crippen LogP contribution in [0, 0.1) is 6.92 Å². The van der Waals surface area contributed by atoms with Gasteiger partial charge in [-0.05, 0) is 47.9 Å². The second-order valence-electron chi connectivity index (χ2n) is 4.84. The molecular formula is C16H18N2O. The molecule has 19 heavy (non-hydrogen) atoms. The summed E-state index contributed by atoms with van der Waals surface area (Å²) in [6.45, 7) is 2.03. The lowest BCUT2D eigenvalue weighted by atomic mass is 9.97. The fraction of sp³-hybridized carbons (Fsp3) is 0.188. The molecule has 2 aromatic rings. The lowest BCUT2D eigenvalue weighted by molar-refractivity contribution is 0.100. The Morgan fingerprint density at radius 2 is 1.68 bits per heavy atom. The Kier molecular flexibility index (Phi) is 3.56. The summed E-state index contributed by atoms with van der Waals surface area (Å²) in [5.41, 5.74) is 10.3. The molecule has 0 fully saturated rings. The molecule has 0 saturated heterocycles. The minimum absolute atomic E-state index is 0.397. The SMILES string of the molecule is Cc1ccc(C(N)=O)cc1-c1ccc(N(C)C)cc1. The van der Waals surface area contributed by atoms with Gasteiger partial charge >= 0.3 is 0 Å². The number of carbonyl (C=O) groups excluding carboxylic acids is 1. The maximum absolute atomic E-state index is 11.3. The van der Waals surface area contributed by atoms with Crippen molar-refractivity contribution in [3.8, 4) is 11.1 Å². The van der Waals surface area contributed by atoms with Crippen LogP contribution < -0.4 is 10.6 Å². The van der Waals surface area contributed by atoms with Crippen molar-refractivity contribution in [2.75, 3.05) is 19.0 Å². The molecule has 0 bridgehead atoms. The van der Waals surface area contributed by atoms with E-state index in [-0.39, 0.29) is 0 Å². The molecule has 3 nitrogen and oxygen atoms in total. The Morgan fingerprint density at radius 1 is 1.05 bits per heavy atom. The summed E-state index contributed by atoms with van der Waals surface area (Å²) in [6, 6.07) is 13.8. The van der Waals surface area contributed by atoms with Crippen LogP contribution >= 0.6 is 0 Å². The van der Waals surface area contributed by atoms with Gasteiger partial charge < -0.3 is 10.6 Å². The van der Waals surface area contributed by atoms with Gasteiger partial charge in [-0.15, -0.1) is 0 Å². The van der Waals surface area contributed by atoms with E-state index >= 15 is 0 Å². The topological polar surface area (TPSA) is 46.3 Å². The highest BCUT2D eigenvalue weighted by atomic mass is 16.1. The second-order valence-corrected chi connectivity index (χ2v) is 4.84. The van der Waals surface area contributed by atoms with Crippen LogP contribution in [0.4, 0.5) is 5.69 Å². The summed E-state index contributed by atoms with van der Waals surface area (Å²) in [6.07, 6.45) is 0. The molecule has 3 heteroatoms. The number of hydrogen-bond acceptors (Lipinski definition) is 2. The van der Waals surface area contributed by atoms with Gasteiger partial charge in [0.05, 0.1) is 0 Å². The number of carbonyl (C=O) groups is 1. The van der Waals surface area contributed by atoms with E-state index in [1.54, 1.807) is 6.07 Å². The first-order chi connectivity index (χ1) is 8.99. The first-order valence-electron chi connectivity index (χ1n) is 6.17. The number of anilines is 1. The highest BCUT2D eigenvalue weighted by molar-refractivity contribution is 5.94. The summed E-state index contributed by atoms with van der Waals surface area (Å²) in [5, 5.41) is 0. The Balaban J connectivity index is 2.46. The smallest absolute Gasteiger partial charge is 0.248 e. The Hall–Kier alpha value is -2.29. The van der Waals surface area contributed by atoms with Crippen LogP contribution in [0.15, 0.2) is 42.5 Å². The highest BCUT2D eigenvalue weighted by Crippen LogP contribution is 2.26. The van der Waals surface area contributed by atoms with E-state index in [2.05, 4.69) is 29.2 Å². The van der Waals surface area contributed by atoms with Gasteiger partial charge in [0.25, 0.3) is 0 Å². The lowest BCUT2D eigenvalue weighted by Gasteiger charge is -2.13. The van der Waals surface area contributed by atoms with Crippen LogP contribution in [0.5, 0.6) is 0 Å². The van der Waals surface area contributed by atoms with Gasteiger partial charge in [0.15, 0.2) is 0 Å². The molecule has 0 heterocycles. The number of amides is 1. The Bertz CT molecular complexity index is 601. The first-order valence-corrected chi connectivity index (χ1v) is 6.17. The van der Waals surface area contributed by atoms with E-state index in [1.807, 2.05) is 33.2 Å². The maximum atomic E-state index is 11.3. The number of primary amides is 1. The first kappa shape index (κ1) is 13.1. The van der Waals surface area contributed by atoms with E-state index in [0.29, 0.717) is 5.56 Å². The van der Waals surface area contributed by atoms with E-state index in [4.69, 9.17) is 5.73 Å². The molecule has 0 saturated carbocycles. The average Bonchev–Trinajstić information content (AvgIpc) is 2.39. The third-order valence-corrected chi connectivity index (χ3v) is 3.22. The fourth-order valence-corrected chi connectivity index (χ4v) is 2.03. The molecule has 0 spiro atoms. The van der Waals surface area contributed by atoms with Gasteiger partial charge in [0.2, 0.25) is 5.91 Å². The number of aryl methyl sites for hydroxylation is 1. The summed E-state index contributed by atoms with van der Waals surface area (Å²) in [7, 11) is 4.02. The summed E-state index contributed by atoms with van der Waals surface area (Å²) in [4.78, 5) is 13.3. The van der Waals surface area contributed by atoms with Crippen LogP contribution in [-0.4, -0.2) is 20.0 Å². The van der Waals surface area contributed by atoms with Gasteiger partial charge in [0.1, 0.15) is 0 Å². The van der Waals surface area contributed by atoms with E-state index < -0.39 is 5.91 Å². The maximum Gasteiger partial charge on any atom is 0.248 e. The van der Waals surface area contributed by atoms with Crippen molar-refractivity contribution in [1.82, 2.24) is 0 Å². The molecule has 98 valence electrons. The zero-order valence-electron chi connectivity index (χ0n) is 11.5. The third kappa shape index (κ3) is 2.76. The quantitative estimate of drug-likeness (QED) is 0.915. The standard InChI is InChI=1S/C16H18N2O/c1-11-4-5-13(16(17)19)10-15(11)12-6-8-14(9-7-12)18(2)3/h4-10H,1-3H3,(H2,17,19). The van der Waals surface area contributed by atoms with Gasteiger partial charge in [-0.3, -0.25) is 4.79 Å².